The summed E-state index contributed by atoms with van der Waals surface area (Å²) in [6, 6.07) is 0. The first-order valence-corrected chi connectivity index (χ1v) is 15.3. The van der Waals surface area contributed by atoms with E-state index >= 15 is 0 Å². The van der Waals surface area contributed by atoms with Crippen molar-refractivity contribution in [3.63, 3.8) is 0 Å². The van der Waals surface area contributed by atoms with Crippen molar-refractivity contribution in [2.75, 3.05) is 6.61 Å². The first-order valence-electron chi connectivity index (χ1n) is 15.3. The molecule has 0 aromatic heterocycles. The largest absolute Gasteiger partial charge is 0.396 e. The maximum absolute atomic E-state index is 11.0. The summed E-state index contributed by atoms with van der Waals surface area (Å²) in [5.74, 6) is 3.40. The Labute approximate surface area is 221 Å². The summed E-state index contributed by atoms with van der Waals surface area (Å²) in [6.07, 6.45) is 10.8. The molecule has 5 fully saturated rings. The molecule has 0 radical (unpaired) electrons. The summed E-state index contributed by atoms with van der Waals surface area (Å²) < 4.78 is 0. The third-order valence-electron chi connectivity index (χ3n) is 14.2. The highest BCUT2D eigenvalue weighted by molar-refractivity contribution is 5.31. The van der Waals surface area contributed by atoms with Crippen LogP contribution in [0.5, 0.6) is 0 Å². The molecule has 0 aliphatic heterocycles. The van der Waals surface area contributed by atoms with Gasteiger partial charge in [-0.3, -0.25) is 0 Å². The van der Waals surface area contributed by atoms with Crippen molar-refractivity contribution in [1.82, 2.24) is 0 Å². The fraction of sp³-hybridized carbons (Fsp3) is 0.939. The van der Waals surface area contributed by atoms with Crippen LogP contribution in [0.15, 0.2) is 12.2 Å². The molecule has 36 heavy (non-hydrogen) atoms. The van der Waals surface area contributed by atoms with Gasteiger partial charge >= 0.3 is 0 Å². The number of hydrogen-bond donors (Lipinski definition) is 3. The molecule has 0 heterocycles. The zero-order valence-electron chi connectivity index (χ0n) is 24.4. The third kappa shape index (κ3) is 3.33. The van der Waals surface area contributed by atoms with Crippen LogP contribution in [0, 0.1) is 62.6 Å². The van der Waals surface area contributed by atoms with Gasteiger partial charge in [-0.1, -0.05) is 53.7 Å². The average Bonchev–Trinajstić information content (AvgIpc) is 3.37. The van der Waals surface area contributed by atoms with Gasteiger partial charge in [0.2, 0.25) is 0 Å². The maximum Gasteiger partial charge on any atom is 0.0852 e. The summed E-state index contributed by atoms with van der Waals surface area (Å²) in [5.41, 5.74) is 2.30. The Morgan fingerprint density at radius 2 is 1.56 bits per heavy atom. The molecule has 5 rings (SSSR count). The number of aliphatic hydroxyl groups is 3. The molecule has 0 bridgehead atoms. The van der Waals surface area contributed by atoms with Crippen LogP contribution in [0.2, 0.25) is 0 Å². The Morgan fingerprint density at radius 3 is 2.17 bits per heavy atom. The summed E-state index contributed by atoms with van der Waals surface area (Å²) in [7, 11) is 0. The topological polar surface area (TPSA) is 60.7 Å². The molecule has 5 saturated carbocycles. The Morgan fingerprint density at radius 1 is 0.889 bits per heavy atom. The third-order valence-corrected chi connectivity index (χ3v) is 14.2. The Hall–Kier alpha value is -0.380. The van der Waals surface area contributed by atoms with Gasteiger partial charge in [0.05, 0.1) is 12.2 Å². The van der Waals surface area contributed by atoms with E-state index in [0.29, 0.717) is 47.0 Å². The quantitative estimate of drug-likeness (QED) is 0.330. The molecule has 0 aromatic carbocycles. The highest BCUT2D eigenvalue weighted by atomic mass is 16.3. The molecule has 0 amide bonds. The first kappa shape index (κ1) is 27.2. The molecule has 5 aliphatic rings. The van der Waals surface area contributed by atoms with Gasteiger partial charge in [-0.2, -0.15) is 0 Å². The van der Waals surface area contributed by atoms with Gasteiger partial charge in [0.25, 0.3) is 0 Å². The minimum Gasteiger partial charge on any atom is -0.396 e. The number of allylic oxidation sites excluding steroid dienone is 1. The molecule has 3 nitrogen and oxygen atoms in total. The van der Waals surface area contributed by atoms with Crippen molar-refractivity contribution >= 4 is 0 Å². The molecule has 0 aromatic rings. The molecule has 0 saturated heterocycles. The van der Waals surface area contributed by atoms with E-state index in [1.165, 1.54) is 50.5 Å². The normalized spacial score (nSPS) is 50.5. The van der Waals surface area contributed by atoms with E-state index in [0.717, 1.165) is 25.2 Å². The van der Waals surface area contributed by atoms with Crippen LogP contribution in [-0.4, -0.2) is 34.1 Å². The second-order valence-corrected chi connectivity index (χ2v) is 15.9. The molecule has 5 aliphatic carbocycles. The number of fused-ring (bicyclic) bond motifs is 2. The molecular formula is C33H56O3. The highest BCUT2D eigenvalue weighted by Crippen LogP contribution is 2.89. The predicted molar refractivity (Wildman–Crippen MR) is 147 cm³/mol. The van der Waals surface area contributed by atoms with Gasteiger partial charge in [-0.15, -0.1) is 0 Å². The predicted octanol–water partition coefficient (Wildman–Crippen LogP) is 6.99. The number of hydrogen-bond acceptors (Lipinski definition) is 3. The average molecular weight is 501 g/mol. The van der Waals surface area contributed by atoms with E-state index in [1.807, 2.05) is 0 Å². The summed E-state index contributed by atoms with van der Waals surface area (Å²) in [4.78, 5) is 0. The fourth-order valence-electron chi connectivity index (χ4n) is 12.2. The molecule has 206 valence electrons. The van der Waals surface area contributed by atoms with Crippen molar-refractivity contribution in [2.45, 2.75) is 125 Å². The minimum atomic E-state index is -0.596. The molecule has 11 atom stereocenters. The van der Waals surface area contributed by atoms with E-state index in [4.69, 9.17) is 0 Å². The SMILES string of the molecule is C=C(C)[C@H](CC[C@@H](CO)[C@H]1CC[C@@]2(C)[C@@H]3CC[C@H]4C(C)(C)[C@@H](O)[C@H](O)C[C@@]45C[C@@]35CC[C@]12C)C(C)C. The maximum atomic E-state index is 11.0. The lowest BCUT2D eigenvalue weighted by molar-refractivity contribution is -0.191. The standard InChI is InChI=1S/C33H56O3/c1-20(2)23(21(3)4)10-9-22(18-34)24-13-14-31(8)27-12-11-26-29(5,6)28(36)25(35)17-33(26)19-32(27,33)16-15-30(24,31)7/h21-28,34-36H,1,9-19H2,2-8H3/t22-,23-,24+,25+,26-,27-,28-,30+,31-,32-,33+/m0/s1. The molecule has 2 spiro atoms. The van der Waals surface area contributed by atoms with Gasteiger partial charge in [0.15, 0.2) is 0 Å². The summed E-state index contributed by atoms with van der Waals surface area (Å²) >= 11 is 0. The van der Waals surface area contributed by atoms with Crippen LogP contribution in [0.1, 0.15) is 113 Å². The van der Waals surface area contributed by atoms with Crippen LogP contribution in [0.4, 0.5) is 0 Å². The van der Waals surface area contributed by atoms with Crippen molar-refractivity contribution in [3.05, 3.63) is 12.2 Å². The van der Waals surface area contributed by atoms with Gasteiger partial charge in [0, 0.05) is 6.61 Å². The fourth-order valence-corrected chi connectivity index (χ4v) is 12.2. The van der Waals surface area contributed by atoms with Crippen LogP contribution in [0.3, 0.4) is 0 Å². The molecule has 0 unspecified atom stereocenters. The van der Waals surface area contributed by atoms with Crippen LogP contribution >= 0.6 is 0 Å². The van der Waals surface area contributed by atoms with Gasteiger partial charge in [-0.25, -0.2) is 0 Å². The number of rotatable bonds is 7. The Bertz CT molecular complexity index is 878. The summed E-state index contributed by atoms with van der Waals surface area (Å²) in [6.45, 7) is 21.1. The second-order valence-electron chi connectivity index (χ2n) is 15.9. The Kier molecular flexibility index (Phi) is 6.47. The molecular weight excluding hydrogens is 444 g/mol. The first-order chi connectivity index (χ1) is 16.7. The lowest BCUT2D eigenvalue weighted by Gasteiger charge is -2.63. The van der Waals surface area contributed by atoms with Crippen molar-refractivity contribution in [1.29, 1.82) is 0 Å². The second kappa shape index (κ2) is 8.56. The van der Waals surface area contributed by atoms with Crippen molar-refractivity contribution in [3.8, 4) is 0 Å². The molecule has 3 heteroatoms. The van der Waals surface area contributed by atoms with Gasteiger partial charge < -0.3 is 15.3 Å². The lowest BCUT2D eigenvalue weighted by atomic mass is 9.41. The Balaban J connectivity index is 1.40. The molecule has 3 N–H and O–H groups in total. The van der Waals surface area contributed by atoms with Crippen LogP contribution in [-0.2, 0) is 0 Å². The lowest BCUT2D eigenvalue weighted by Crippen LogP contribution is -2.60. The van der Waals surface area contributed by atoms with Crippen LogP contribution in [0.25, 0.3) is 0 Å². The zero-order valence-corrected chi connectivity index (χ0v) is 24.4. The number of aliphatic hydroxyl groups excluding tert-OH is 3. The monoisotopic (exact) mass is 500 g/mol. The van der Waals surface area contributed by atoms with E-state index < -0.39 is 12.2 Å². The van der Waals surface area contributed by atoms with E-state index in [2.05, 4.69) is 55.0 Å². The highest BCUT2D eigenvalue weighted by Gasteiger charge is 2.83. The van der Waals surface area contributed by atoms with Gasteiger partial charge in [-0.05, 0) is 134 Å². The van der Waals surface area contributed by atoms with E-state index in [9.17, 15) is 15.3 Å². The zero-order chi connectivity index (χ0) is 26.5. The van der Waals surface area contributed by atoms with E-state index in [1.54, 1.807) is 0 Å². The smallest absolute Gasteiger partial charge is 0.0852 e. The van der Waals surface area contributed by atoms with E-state index in [-0.39, 0.29) is 16.2 Å². The van der Waals surface area contributed by atoms with Crippen molar-refractivity contribution in [2.24, 2.45) is 62.6 Å². The van der Waals surface area contributed by atoms with Crippen molar-refractivity contribution < 1.29 is 15.3 Å². The van der Waals surface area contributed by atoms with Crippen LogP contribution < -0.4 is 0 Å². The van der Waals surface area contributed by atoms with Gasteiger partial charge in [0.1, 0.15) is 0 Å². The minimum absolute atomic E-state index is 0.204. The summed E-state index contributed by atoms with van der Waals surface area (Å²) in [5, 5.41) is 32.5.